The van der Waals surface area contributed by atoms with Crippen LogP contribution in [0, 0.1) is 5.92 Å². The number of amides is 1. The van der Waals surface area contributed by atoms with Crippen LogP contribution in [0.5, 0.6) is 0 Å². The minimum atomic E-state index is -0.523. The van der Waals surface area contributed by atoms with E-state index in [0.29, 0.717) is 6.54 Å². The van der Waals surface area contributed by atoms with Crippen molar-refractivity contribution in [2.24, 2.45) is 5.92 Å². The van der Waals surface area contributed by atoms with Crippen molar-refractivity contribution >= 4 is 21.8 Å². The number of nitrogens with zero attached hydrogens (tertiary/aromatic N) is 1. The van der Waals surface area contributed by atoms with Crippen LogP contribution in [0.2, 0.25) is 0 Å². The average Bonchev–Trinajstić information content (AvgIpc) is 2.87. The molecule has 19 heavy (non-hydrogen) atoms. The predicted molar refractivity (Wildman–Crippen MR) is 78.9 cm³/mol. The number of benzene rings is 1. The zero-order valence-electron chi connectivity index (χ0n) is 11.4. The summed E-state index contributed by atoms with van der Waals surface area (Å²) in [6.07, 6.45) is 0.901. The minimum Gasteiger partial charge on any atom is -0.396 e. The van der Waals surface area contributed by atoms with Crippen molar-refractivity contribution < 1.29 is 9.90 Å². The maximum atomic E-state index is 12.6. The highest BCUT2D eigenvalue weighted by Gasteiger charge is 2.36. The van der Waals surface area contributed by atoms with Crippen LogP contribution in [0.3, 0.4) is 0 Å². The number of carbonyl (C=O) groups excluding carboxylic acids is 1. The second kappa shape index (κ2) is 5.63. The SMILES string of the molecule is CC(C)(C(=O)N1CCC(CO)C1)c1ccc(Br)cc1. The number of carbonyl (C=O) groups is 1. The van der Waals surface area contributed by atoms with Crippen LogP contribution in [-0.2, 0) is 10.2 Å². The monoisotopic (exact) mass is 325 g/mol. The van der Waals surface area contributed by atoms with Crippen molar-refractivity contribution in [2.45, 2.75) is 25.7 Å². The molecule has 1 aliphatic rings. The normalized spacial score (nSPS) is 19.8. The summed E-state index contributed by atoms with van der Waals surface area (Å²) in [6.45, 7) is 5.53. The van der Waals surface area contributed by atoms with Gasteiger partial charge in [-0.2, -0.15) is 0 Å². The molecule has 1 amide bonds. The highest BCUT2D eigenvalue weighted by molar-refractivity contribution is 9.10. The minimum absolute atomic E-state index is 0.144. The van der Waals surface area contributed by atoms with Gasteiger partial charge in [-0.15, -0.1) is 0 Å². The molecule has 1 fully saturated rings. The molecule has 3 nitrogen and oxygen atoms in total. The second-order valence-corrected chi connectivity index (χ2v) is 6.64. The summed E-state index contributed by atoms with van der Waals surface area (Å²) in [5.41, 5.74) is 0.499. The molecule has 0 radical (unpaired) electrons. The van der Waals surface area contributed by atoms with Gasteiger partial charge >= 0.3 is 0 Å². The van der Waals surface area contributed by atoms with Crippen LogP contribution in [-0.4, -0.2) is 35.6 Å². The van der Waals surface area contributed by atoms with E-state index in [1.165, 1.54) is 0 Å². The summed E-state index contributed by atoms with van der Waals surface area (Å²) < 4.78 is 1.01. The molecule has 0 aromatic heterocycles. The van der Waals surface area contributed by atoms with Crippen LogP contribution >= 0.6 is 15.9 Å². The van der Waals surface area contributed by atoms with Gasteiger partial charge in [0.25, 0.3) is 0 Å². The van der Waals surface area contributed by atoms with E-state index in [-0.39, 0.29) is 18.4 Å². The highest BCUT2D eigenvalue weighted by Crippen LogP contribution is 2.29. The van der Waals surface area contributed by atoms with E-state index in [2.05, 4.69) is 15.9 Å². The fourth-order valence-electron chi connectivity index (χ4n) is 2.55. The van der Waals surface area contributed by atoms with Gasteiger partial charge in [0.05, 0.1) is 5.41 Å². The van der Waals surface area contributed by atoms with E-state index in [0.717, 1.165) is 23.0 Å². The van der Waals surface area contributed by atoms with Gasteiger partial charge in [0, 0.05) is 30.1 Å². The first-order chi connectivity index (χ1) is 8.95. The molecule has 1 unspecified atom stereocenters. The van der Waals surface area contributed by atoms with Gasteiger partial charge in [0.2, 0.25) is 5.91 Å². The van der Waals surface area contributed by atoms with Crippen molar-refractivity contribution in [3.63, 3.8) is 0 Å². The molecule has 0 spiro atoms. The first-order valence-corrected chi connectivity index (χ1v) is 7.40. The fraction of sp³-hybridized carbons (Fsp3) is 0.533. The summed E-state index contributed by atoms with van der Waals surface area (Å²) in [5, 5.41) is 9.17. The van der Waals surface area contributed by atoms with Crippen molar-refractivity contribution in [2.75, 3.05) is 19.7 Å². The van der Waals surface area contributed by atoms with Crippen molar-refractivity contribution in [3.8, 4) is 0 Å². The molecule has 1 aromatic rings. The molecule has 1 aromatic carbocycles. The van der Waals surface area contributed by atoms with Gasteiger partial charge in [-0.3, -0.25) is 4.79 Å². The third-order valence-corrected chi connectivity index (χ3v) is 4.46. The zero-order valence-corrected chi connectivity index (χ0v) is 13.0. The maximum absolute atomic E-state index is 12.6. The van der Waals surface area contributed by atoms with E-state index in [1.807, 2.05) is 43.0 Å². The maximum Gasteiger partial charge on any atom is 0.232 e. The number of aliphatic hydroxyl groups is 1. The van der Waals surface area contributed by atoms with E-state index < -0.39 is 5.41 Å². The van der Waals surface area contributed by atoms with E-state index in [4.69, 9.17) is 0 Å². The second-order valence-electron chi connectivity index (χ2n) is 5.72. The largest absolute Gasteiger partial charge is 0.396 e. The Bertz CT molecular complexity index is 456. The Balaban J connectivity index is 2.15. The van der Waals surface area contributed by atoms with E-state index in [1.54, 1.807) is 0 Å². The summed E-state index contributed by atoms with van der Waals surface area (Å²) >= 11 is 3.41. The first kappa shape index (κ1) is 14.5. The molecular weight excluding hydrogens is 306 g/mol. The molecule has 2 rings (SSSR count). The van der Waals surface area contributed by atoms with Gasteiger partial charge < -0.3 is 10.0 Å². The Kier molecular flexibility index (Phi) is 4.31. The topological polar surface area (TPSA) is 40.5 Å². The molecule has 1 heterocycles. The van der Waals surface area contributed by atoms with Crippen LogP contribution in [0.1, 0.15) is 25.8 Å². The van der Waals surface area contributed by atoms with Crippen LogP contribution in [0.15, 0.2) is 28.7 Å². The Morgan fingerprint density at radius 1 is 1.42 bits per heavy atom. The van der Waals surface area contributed by atoms with Crippen molar-refractivity contribution in [1.82, 2.24) is 4.90 Å². The first-order valence-electron chi connectivity index (χ1n) is 6.61. The molecule has 0 bridgehead atoms. The van der Waals surface area contributed by atoms with E-state index >= 15 is 0 Å². The molecule has 1 atom stereocenters. The summed E-state index contributed by atoms with van der Waals surface area (Å²) in [6, 6.07) is 7.90. The van der Waals surface area contributed by atoms with Crippen molar-refractivity contribution in [1.29, 1.82) is 0 Å². The molecule has 1 N–H and O–H groups in total. The molecular formula is C15H20BrNO2. The standard InChI is InChI=1S/C15H20BrNO2/c1-15(2,12-3-5-13(16)6-4-12)14(19)17-8-7-11(9-17)10-18/h3-6,11,18H,7-10H2,1-2H3. The molecule has 0 aliphatic carbocycles. The van der Waals surface area contributed by atoms with Crippen LogP contribution in [0.4, 0.5) is 0 Å². The van der Waals surface area contributed by atoms with Crippen LogP contribution < -0.4 is 0 Å². The van der Waals surface area contributed by atoms with Gasteiger partial charge in [-0.05, 0) is 38.0 Å². The van der Waals surface area contributed by atoms with Gasteiger partial charge in [0.15, 0.2) is 0 Å². The number of halogens is 1. The van der Waals surface area contributed by atoms with Gasteiger partial charge in [-0.25, -0.2) is 0 Å². The molecule has 1 saturated heterocycles. The van der Waals surface area contributed by atoms with Crippen molar-refractivity contribution in [3.05, 3.63) is 34.3 Å². The number of likely N-dealkylation sites (tertiary alicyclic amines) is 1. The fourth-order valence-corrected chi connectivity index (χ4v) is 2.82. The number of hydrogen-bond acceptors (Lipinski definition) is 2. The smallest absolute Gasteiger partial charge is 0.232 e. The lowest BCUT2D eigenvalue weighted by atomic mass is 9.83. The molecule has 1 aliphatic heterocycles. The quantitative estimate of drug-likeness (QED) is 0.927. The molecule has 4 heteroatoms. The lowest BCUT2D eigenvalue weighted by Gasteiger charge is -2.29. The summed E-state index contributed by atoms with van der Waals surface area (Å²) in [5.74, 6) is 0.385. The summed E-state index contributed by atoms with van der Waals surface area (Å²) in [4.78, 5) is 14.5. The lowest BCUT2D eigenvalue weighted by molar-refractivity contribution is -0.135. The molecule has 104 valence electrons. The lowest BCUT2D eigenvalue weighted by Crippen LogP contribution is -2.42. The Morgan fingerprint density at radius 2 is 2.05 bits per heavy atom. The highest BCUT2D eigenvalue weighted by atomic mass is 79.9. The average molecular weight is 326 g/mol. The summed E-state index contributed by atoms with van der Waals surface area (Å²) in [7, 11) is 0. The number of aliphatic hydroxyl groups excluding tert-OH is 1. The Hall–Kier alpha value is -0.870. The third-order valence-electron chi connectivity index (χ3n) is 3.93. The third kappa shape index (κ3) is 3.00. The molecule has 0 saturated carbocycles. The Morgan fingerprint density at radius 3 is 2.58 bits per heavy atom. The number of rotatable bonds is 3. The van der Waals surface area contributed by atoms with Gasteiger partial charge in [0.1, 0.15) is 0 Å². The predicted octanol–water partition coefficient (Wildman–Crippen LogP) is 2.57. The Labute approximate surface area is 122 Å². The van der Waals surface area contributed by atoms with Gasteiger partial charge in [-0.1, -0.05) is 28.1 Å². The van der Waals surface area contributed by atoms with E-state index in [9.17, 15) is 9.90 Å². The zero-order chi connectivity index (χ0) is 14.0. The van der Waals surface area contributed by atoms with Crippen LogP contribution in [0.25, 0.3) is 0 Å². The number of hydrogen-bond donors (Lipinski definition) is 1.